The maximum Gasteiger partial charge on any atom is 0.339 e. The van der Waals surface area contributed by atoms with E-state index in [0.29, 0.717) is 45.3 Å². The second-order valence-corrected chi connectivity index (χ2v) is 9.21. The van der Waals surface area contributed by atoms with E-state index in [1.165, 1.54) is 18.2 Å². The van der Waals surface area contributed by atoms with Gasteiger partial charge in [0.05, 0.1) is 24.5 Å². The molecule has 2 bridgehead atoms. The van der Waals surface area contributed by atoms with Crippen molar-refractivity contribution < 1.29 is 19.1 Å². The van der Waals surface area contributed by atoms with Crippen molar-refractivity contribution in [3.63, 3.8) is 0 Å². The largest absolute Gasteiger partial charge is 0.497 e. The van der Waals surface area contributed by atoms with Gasteiger partial charge in [0.2, 0.25) is 0 Å². The monoisotopic (exact) mass is 464 g/mol. The highest BCUT2D eigenvalue weighted by Gasteiger charge is 2.38. The molecule has 3 aliphatic rings. The number of hydrogen-bond donors (Lipinski definition) is 1. The average molecular weight is 465 g/mol. The fraction of sp³-hybridized carbons (Fsp3) is 0.450. The molecule has 1 amide bonds. The first-order valence-corrected chi connectivity index (χ1v) is 11.0. The summed E-state index contributed by atoms with van der Waals surface area (Å²) in [7, 11) is 1.54. The number of nitrogens with one attached hydrogen (secondary N) is 1. The van der Waals surface area contributed by atoms with Crippen LogP contribution in [-0.4, -0.2) is 42.1 Å². The average Bonchev–Trinajstić information content (AvgIpc) is 3.38. The minimum atomic E-state index is -0.450. The van der Waals surface area contributed by atoms with Gasteiger partial charge in [0, 0.05) is 16.9 Å². The summed E-state index contributed by atoms with van der Waals surface area (Å²) in [5.74, 6) is 1.18. The number of rotatable bonds is 6. The highest BCUT2D eigenvalue weighted by Crippen LogP contribution is 2.39. The normalized spacial score (nSPS) is 27.8. The minimum absolute atomic E-state index is 0.158. The Morgan fingerprint density at radius 1 is 1.36 bits per heavy atom. The minimum Gasteiger partial charge on any atom is -0.497 e. The van der Waals surface area contributed by atoms with Crippen LogP contribution in [0, 0.1) is 11.8 Å². The Hall–Kier alpha value is -1.80. The zero-order chi connectivity index (χ0) is 19.7. The molecule has 0 aromatic heterocycles. The molecule has 1 aromatic carbocycles. The summed E-state index contributed by atoms with van der Waals surface area (Å²) >= 11 is 4.78. The molecule has 1 heterocycles. The number of ether oxygens (including phenoxy) is 2. The Kier molecular flexibility index (Phi) is 5.78. The quantitative estimate of drug-likeness (QED) is 0.512. The van der Waals surface area contributed by atoms with Crippen molar-refractivity contribution in [1.29, 1.82) is 0 Å². The number of carbonyl (C=O) groups is 2. The number of fused-ring (bicyclic) bond motifs is 2. The number of amides is 1. The Morgan fingerprint density at radius 3 is 2.93 bits per heavy atom. The Labute approximate surface area is 176 Å². The Bertz CT molecular complexity index is 857. The van der Waals surface area contributed by atoms with E-state index in [4.69, 9.17) is 9.47 Å². The number of allylic oxidation sites excluding steroid dienone is 1. The van der Waals surface area contributed by atoms with Gasteiger partial charge < -0.3 is 14.8 Å². The third-order valence-electron chi connectivity index (χ3n) is 5.34. The van der Waals surface area contributed by atoms with Crippen molar-refractivity contribution in [2.75, 3.05) is 13.7 Å². The van der Waals surface area contributed by atoms with Gasteiger partial charge in [0.25, 0.3) is 5.91 Å². The summed E-state index contributed by atoms with van der Waals surface area (Å²) in [5, 5.41) is 3.82. The molecule has 28 heavy (non-hydrogen) atoms. The smallest absolute Gasteiger partial charge is 0.339 e. The summed E-state index contributed by atoms with van der Waals surface area (Å²) in [4.78, 5) is 28.6. The maximum absolute atomic E-state index is 12.3. The lowest BCUT2D eigenvalue weighted by Crippen LogP contribution is -2.35. The van der Waals surface area contributed by atoms with Crippen LogP contribution in [0.5, 0.6) is 5.75 Å². The fourth-order valence-electron chi connectivity index (χ4n) is 3.86. The molecule has 1 aromatic rings. The van der Waals surface area contributed by atoms with Crippen LogP contribution >= 0.6 is 27.7 Å². The van der Waals surface area contributed by atoms with Gasteiger partial charge in [-0.15, -0.1) is 0 Å². The van der Waals surface area contributed by atoms with Crippen LogP contribution in [0.15, 0.2) is 39.8 Å². The standard InChI is InChI=1S/C20H21BrN2O4S/c1-26-13-4-5-15(21)14(10-13)19(25)27-7-6-17-18(24)23-20(28-17)22-16-9-11-2-3-12(16)8-11/h2-5,10-12,16-17H,6-9H2,1H3,(H,22,23,24). The van der Waals surface area contributed by atoms with E-state index in [9.17, 15) is 9.59 Å². The van der Waals surface area contributed by atoms with Gasteiger partial charge in [-0.1, -0.05) is 23.9 Å². The van der Waals surface area contributed by atoms with Crippen molar-refractivity contribution >= 4 is 44.7 Å². The Morgan fingerprint density at radius 2 is 2.21 bits per heavy atom. The second kappa shape index (κ2) is 8.29. The molecule has 0 spiro atoms. The van der Waals surface area contributed by atoms with E-state index in [1.54, 1.807) is 25.3 Å². The molecular formula is C20H21BrN2O4S. The van der Waals surface area contributed by atoms with Gasteiger partial charge in [-0.25, -0.2) is 4.79 Å². The summed E-state index contributed by atoms with van der Waals surface area (Å²) in [6.45, 7) is 0.158. The van der Waals surface area contributed by atoms with Crippen LogP contribution in [0.4, 0.5) is 0 Å². The third-order valence-corrected chi connectivity index (χ3v) is 7.18. The number of thioether (sulfide) groups is 1. The lowest BCUT2D eigenvalue weighted by atomic mass is 10.0. The Balaban J connectivity index is 1.25. The number of nitrogens with zero attached hydrogens (tertiary/aromatic N) is 1. The van der Waals surface area contributed by atoms with E-state index >= 15 is 0 Å². The predicted molar refractivity (Wildman–Crippen MR) is 112 cm³/mol. The molecule has 4 rings (SSSR count). The van der Waals surface area contributed by atoms with Crippen LogP contribution in [0.25, 0.3) is 0 Å². The van der Waals surface area contributed by atoms with Crippen LogP contribution in [0.3, 0.4) is 0 Å². The molecule has 4 unspecified atom stereocenters. The molecule has 2 aliphatic carbocycles. The zero-order valence-electron chi connectivity index (χ0n) is 15.4. The highest BCUT2D eigenvalue weighted by molar-refractivity contribution is 9.10. The molecule has 6 nitrogen and oxygen atoms in total. The number of esters is 1. The van der Waals surface area contributed by atoms with E-state index in [-0.39, 0.29) is 17.8 Å². The lowest BCUT2D eigenvalue weighted by molar-refractivity contribution is -0.117. The highest BCUT2D eigenvalue weighted by atomic mass is 79.9. The molecule has 4 atom stereocenters. The van der Waals surface area contributed by atoms with Crippen LogP contribution in [0.2, 0.25) is 0 Å². The molecular weight excluding hydrogens is 444 g/mol. The number of hydrogen-bond acceptors (Lipinski definition) is 6. The summed E-state index contributed by atoms with van der Waals surface area (Å²) < 4.78 is 11.1. The summed E-state index contributed by atoms with van der Waals surface area (Å²) in [5.41, 5.74) is 0.396. The first kappa shape index (κ1) is 19.5. The molecule has 0 radical (unpaired) electrons. The first-order valence-electron chi connectivity index (χ1n) is 9.28. The number of methoxy groups -OCH3 is 1. The number of aliphatic imine (C=N–C) groups is 1. The second-order valence-electron chi connectivity index (χ2n) is 7.16. The van der Waals surface area contributed by atoms with Crippen LogP contribution in [-0.2, 0) is 9.53 Å². The van der Waals surface area contributed by atoms with Gasteiger partial charge in [0.15, 0.2) is 5.17 Å². The fourth-order valence-corrected chi connectivity index (χ4v) is 5.27. The van der Waals surface area contributed by atoms with Gasteiger partial charge in [0.1, 0.15) is 5.75 Å². The number of carbonyl (C=O) groups excluding carboxylic acids is 2. The first-order chi connectivity index (χ1) is 13.5. The van der Waals surface area contributed by atoms with E-state index in [0.717, 1.165) is 6.42 Å². The zero-order valence-corrected chi connectivity index (χ0v) is 17.8. The van der Waals surface area contributed by atoms with Crippen molar-refractivity contribution in [3.05, 3.63) is 40.4 Å². The third kappa shape index (κ3) is 4.12. The van der Waals surface area contributed by atoms with Crippen LogP contribution < -0.4 is 10.1 Å². The summed E-state index contributed by atoms with van der Waals surface area (Å²) in [6.07, 6.45) is 7.29. The summed E-state index contributed by atoms with van der Waals surface area (Å²) in [6, 6.07) is 5.49. The number of amidine groups is 1. The predicted octanol–water partition coefficient (Wildman–Crippen LogP) is 3.56. The van der Waals surface area contributed by atoms with Crippen molar-refractivity contribution in [1.82, 2.24) is 5.32 Å². The van der Waals surface area contributed by atoms with Crippen molar-refractivity contribution in [3.8, 4) is 5.75 Å². The SMILES string of the molecule is COc1ccc(Br)c(C(=O)OCCC2SC(NC3CC4C=CC3C4)=NC2=O)c1. The molecule has 1 saturated carbocycles. The van der Waals surface area contributed by atoms with Gasteiger partial charge in [-0.3, -0.25) is 4.79 Å². The molecule has 1 fully saturated rings. The molecule has 1 N–H and O–H groups in total. The molecule has 0 saturated heterocycles. The van der Waals surface area contributed by atoms with Crippen molar-refractivity contribution in [2.45, 2.75) is 30.6 Å². The number of benzene rings is 1. The van der Waals surface area contributed by atoms with Crippen molar-refractivity contribution in [2.24, 2.45) is 16.8 Å². The van der Waals surface area contributed by atoms with Gasteiger partial charge in [-0.2, -0.15) is 4.99 Å². The number of halogens is 1. The lowest BCUT2D eigenvalue weighted by Gasteiger charge is -2.20. The van der Waals surface area contributed by atoms with E-state index < -0.39 is 5.97 Å². The molecule has 8 heteroatoms. The molecule has 148 valence electrons. The van der Waals surface area contributed by atoms with Gasteiger partial charge in [-0.05, 0) is 58.8 Å². The topological polar surface area (TPSA) is 77.0 Å². The van der Waals surface area contributed by atoms with E-state index in [1.807, 2.05) is 0 Å². The van der Waals surface area contributed by atoms with E-state index in [2.05, 4.69) is 38.4 Å². The maximum atomic E-state index is 12.3. The van der Waals surface area contributed by atoms with Gasteiger partial charge >= 0.3 is 5.97 Å². The van der Waals surface area contributed by atoms with Crippen LogP contribution in [0.1, 0.15) is 29.6 Å². The molecule has 1 aliphatic heterocycles.